The van der Waals surface area contributed by atoms with Crippen LogP contribution in [-0.2, 0) is 17.4 Å². The van der Waals surface area contributed by atoms with Crippen LogP contribution in [0.4, 0.5) is 23.2 Å². The number of amides is 1. The summed E-state index contributed by atoms with van der Waals surface area (Å²) in [6.07, 6.45) is -3.91. The summed E-state index contributed by atoms with van der Waals surface area (Å²) < 4.78 is 55.9. The number of carbonyl (C=O) groups excluding carboxylic acids is 1. The molecule has 1 aliphatic rings. The van der Waals surface area contributed by atoms with Crippen molar-refractivity contribution in [3.63, 3.8) is 0 Å². The van der Waals surface area contributed by atoms with Crippen molar-refractivity contribution in [2.45, 2.75) is 35.9 Å². The summed E-state index contributed by atoms with van der Waals surface area (Å²) in [5.41, 5.74) is -3.07. The molecule has 0 aliphatic carbocycles. The van der Waals surface area contributed by atoms with Crippen molar-refractivity contribution < 1.29 is 27.5 Å². The van der Waals surface area contributed by atoms with E-state index in [0.29, 0.717) is 37.6 Å². The van der Waals surface area contributed by atoms with E-state index in [4.69, 9.17) is 5.26 Å². The average Bonchev–Trinajstić information content (AvgIpc) is 2.89. The predicted molar refractivity (Wildman–Crippen MR) is 136 cm³/mol. The van der Waals surface area contributed by atoms with Crippen LogP contribution in [-0.4, -0.2) is 34.0 Å². The van der Waals surface area contributed by atoms with E-state index in [0.717, 1.165) is 11.0 Å². The maximum Gasteiger partial charge on any atom is 0.417 e. The van der Waals surface area contributed by atoms with Crippen LogP contribution in [0.15, 0.2) is 77.7 Å². The first-order chi connectivity index (χ1) is 18.1. The normalized spacial score (nSPS) is 16.4. The Kier molecular flexibility index (Phi) is 8.41. The van der Waals surface area contributed by atoms with E-state index in [1.54, 1.807) is 42.5 Å². The molecule has 5 nitrogen and oxygen atoms in total. The molecule has 0 saturated carbocycles. The maximum atomic E-state index is 13.6. The van der Waals surface area contributed by atoms with Crippen molar-refractivity contribution in [1.29, 1.82) is 5.26 Å². The fourth-order valence-corrected chi connectivity index (χ4v) is 5.60. The molecule has 0 spiro atoms. The summed E-state index contributed by atoms with van der Waals surface area (Å²) in [6, 6.07) is 19.6. The molecule has 0 bridgehead atoms. The van der Waals surface area contributed by atoms with Gasteiger partial charge in [0.25, 0.3) is 5.91 Å². The van der Waals surface area contributed by atoms with Gasteiger partial charge in [0.15, 0.2) is 0 Å². The number of aliphatic hydroxyl groups is 1. The Bertz CT molecular complexity index is 1320. The third-order valence-corrected chi connectivity index (χ3v) is 7.66. The molecule has 0 radical (unpaired) electrons. The van der Waals surface area contributed by atoms with Gasteiger partial charge in [0.05, 0.1) is 17.2 Å². The first-order valence-electron chi connectivity index (χ1n) is 12.0. The van der Waals surface area contributed by atoms with E-state index in [1.165, 1.54) is 36.2 Å². The minimum absolute atomic E-state index is 0.0240. The van der Waals surface area contributed by atoms with Crippen LogP contribution < -0.4 is 5.32 Å². The largest absolute Gasteiger partial charge is 0.417 e. The quantitative estimate of drug-likeness (QED) is 0.280. The number of anilines is 1. The Labute approximate surface area is 222 Å². The molecular formula is C28H25F4N3O2S. The van der Waals surface area contributed by atoms with Crippen molar-refractivity contribution in [2.75, 3.05) is 18.4 Å². The van der Waals surface area contributed by atoms with Gasteiger partial charge in [-0.25, -0.2) is 8.70 Å². The van der Waals surface area contributed by atoms with Crippen LogP contribution in [0, 0.1) is 23.1 Å². The van der Waals surface area contributed by atoms with Gasteiger partial charge in [-0.2, -0.15) is 18.4 Å². The van der Waals surface area contributed by atoms with Crippen molar-refractivity contribution in [3.05, 3.63) is 95.3 Å². The van der Waals surface area contributed by atoms with Gasteiger partial charge in [0.1, 0.15) is 11.4 Å². The molecule has 1 unspecified atom stereocenters. The highest BCUT2D eigenvalue weighted by Crippen LogP contribution is 2.37. The lowest BCUT2D eigenvalue weighted by molar-refractivity contribution is -0.142. The number of halogens is 4. The highest BCUT2D eigenvalue weighted by molar-refractivity contribution is 7.97. The molecular weight excluding hydrogens is 518 g/mol. The van der Waals surface area contributed by atoms with E-state index in [1.807, 2.05) is 4.31 Å². The fraction of sp³-hybridized carbons (Fsp3) is 0.286. The molecule has 1 atom stereocenters. The van der Waals surface area contributed by atoms with Gasteiger partial charge in [-0.05, 0) is 72.7 Å². The highest BCUT2D eigenvalue weighted by Gasteiger charge is 2.45. The summed E-state index contributed by atoms with van der Waals surface area (Å²) >= 11 is 1.39. The third-order valence-electron chi connectivity index (χ3n) is 6.57. The number of rotatable bonds is 7. The molecule has 38 heavy (non-hydrogen) atoms. The third kappa shape index (κ3) is 6.54. The Balaban J connectivity index is 1.54. The Morgan fingerprint density at radius 2 is 1.76 bits per heavy atom. The fourth-order valence-electron chi connectivity index (χ4n) is 4.61. The summed E-state index contributed by atoms with van der Waals surface area (Å²) in [4.78, 5) is 14.2. The molecule has 1 aliphatic heterocycles. The molecule has 1 amide bonds. The van der Waals surface area contributed by atoms with Crippen LogP contribution in [0.5, 0.6) is 0 Å². The van der Waals surface area contributed by atoms with Crippen LogP contribution in [0.25, 0.3) is 0 Å². The SMILES string of the molecule is N#Cc1ccc(NC(=O)C(O)(Cc2ccccc2)C2CCN(Sc3cccc(F)c3)CC2)cc1C(F)(F)F. The smallest absolute Gasteiger partial charge is 0.379 e. The first kappa shape index (κ1) is 27.6. The van der Waals surface area contributed by atoms with E-state index in [-0.39, 0.29) is 17.9 Å². The van der Waals surface area contributed by atoms with E-state index >= 15 is 0 Å². The molecule has 3 aromatic carbocycles. The Morgan fingerprint density at radius 1 is 1.05 bits per heavy atom. The molecule has 4 rings (SSSR count). The lowest BCUT2D eigenvalue weighted by atomic mass is 9.76. The zero-order valence-electron chi connectivity index (χ0n) is 20.2. The van der Waals surface area contributed by atoms with Crippen molar-refractivity contribution >= 4 is 23.5 Å². The summed E-state index contributed by atoms with van der Waals surface area (Å²) in [7, 11) is 0. The number of benzene rings is 3. The van der Waals surface area contributed by atoms with Gasteiger partial charge in [-0.3, -0.25) is 4.79 Å². The number of alkyl halides is 3. The predicted octanol–water partition coefficient (Wildman–Crippen LogP) is 6.05. The van der Waals surface area contributed by atoms with E-state index in [9.17, 15) is 27.5 Å². The topological polar surface area (TPSA) is 76.4 Å². The lowest BCUT2D eigenvalue weighted by Gasteiger charge is -2.40. The van der Waals surface area contributed by atoms with Crippen molar-refractivity contribution in [1.82, 2.24) is 4.31 Å². The molecule has 2 N–H and O–H groups in total. The van der Waals surface area contributed by atoms with Crippen LogP contribution in [0.2, 0.25) is 0 Å². The summed E-state index contributed by atoms with van der Waals surface area (Å²) in [6.45, 7) is 1.04. The number of nitrogens with one attached hydrogen (secondary N) is 1. The van der Waals surface area contributed by atoms with E-state index < -0.39 is 34.7 Å². The molecule has 0 aromatic heterocycles. The maximum absolute atomic E-state index is 13.6. The second-order valence-electron chi connectivity index (χ2n) is 9.16. The average molecular weight is 544 g/mol. The van der Waals surface area contributed by atoms with Gasteiger partial charge in [0.2, 0.25) is 0 Å². The van der Waals surface area contributed by atoms with Crippen molar-refractivity contribution in [3.8, 4) is 6.07 Å². The second kappa shape index (κ2) is 11.6. The summed E-state index contributed by atoms with van der Waals surface area (Å²) in [5.74, 6) is -1.63. The number of piperidine rings is 1. The molecule has 198 valence electrons. The number of nitrogens with zero attached hydrogens (tertiary/aromatic N) is 2. The minimum Gasteiger partial charge on any atom is -0.379 e. The Hall–Kier alpha value is -3.39. The molecule has 1 saturated heterocycles. The van der Waals surface area contributed by atoms with Crippen LogP contribution in [0.3, 0.4) is 0 Å². The van der Waals surface area contributed by atoms with Gasteiger partial charge in [-0.15, -0.1) is 0 Å². The van der Waals surface area contributed by atoms with Gasteiger partial charge < -0.3 is 10.4 Å². The Morgan fingerprint density at radius 3 is 2.39 bits per heavy atom. The second-order valence-corrected chi connectivity index (χ2v) is 10.3. The van der Waals surface area contributed by atoms with Crippen LogP contribution in [0.1, 0.15) is 29.5 Å². The zero-order valence-corrected chi connectivity index (χ0v) is 21.0. The van der Waals surface area contributed by atoms with Crippen LogP contribution >= 0.6 is 11.9 Å². The van der Waals surface area contributed by atoms with Gasteiger partial charge >= 0.3 is 6.18 Å². The minimum atomic E-state index is -4.78. The summed E-state index contributed by atoms with van der Waals surface area (Å²) in [5, 5.41) is 23.3. The highest BCUT2D eigenvalue weighted by atomic mass is 32.2. The molecule has 1 fully saturated rings. The lowest BCUT2D eigenvalue weighted by Crippen LogP contribution is -2.53. The number of carbonyl (C=O) groups is 1. The molecule has 1 heterocycles. The zero-order chi connectivity index (χ0) is 27.3. The molecule has 3 aromatic rings. The van der Waals surface area contributed by atoms with Gasteiger partial charge in [0, 0.05) is 30.1 Å². The molecule has 10 heteroatoms. The number of nitriles is 1. The monoisotopic (exact) mass is 543 g/mol. The first-order valence-corrected chi connectivity index (χ1v) is 12.7. The van der Waals surface area contributed by atoms with E-state index in [2.05, 4.69) is 5.32 Å². The standard InChI is InChI=1S/C28H25F4N3O2S/c29-22-7-4-8-24(15-22)38-35-13-11-21(12-14-35)27(37,17-19-5-2-1-3-6-19)26(36)34-23-10-9-20(18-33)25(16-23)28(30,31)32/h1-10,15-16,21,37H,11-14,17H2,(H,34,36). The van der Waals surface area contributed by atoms with Crippen molar-refractivity contribution in [2.24, 2.45) is 5.92 Å². The van der Waals surface area contributed by atoms with Gasteiger partial charge in [-0.1, -0.05) is 36.4 Å². The number of hydrogen-bond donors (Lipinski definition) is 2. The number of hydrogen-bond acceptors (Lipinski definition) is 5.